The summed E-state index contributed by atoms with van der Waals surface area (Å²) in [5.41, 5.74) is -0.185. The maximum Gasteiger partial charge on any atom is 0.408 e. The molecule has 138 valence electrons. The Hall–Kier alpha value is -2.24. The van der Waals surface area contributed by atoms with Gasteiger partial charge in [0, 0.05) is 6.54 Å². The lowest BCUT2D eigenvalue weighted by Gasteiger charge is -2.30. The zero-order valence-electron chi connectivity index (χ0n) is 15.9. The molecule has 2 rings (SSSR count). The monoisotopic (exact) mass is 348 g/mol. The first-order valence-corrected chi connectivity index (χ1v) is 8.47. The Morgan fingerprint density at radius 3 is 2.40 bits per heavy atom. The average molecular weight is 348 g/mol. The van der Waals surface area contributed by atoms with Gasteiger partial charge in [0.15, 0.2) is 0 Å². The van der Waals surface area contributed by atoms with Crippen LogP contribution in [0.5, 0.6) is 5.75 Å². The first-order valence-electron chi connectivity index (χ1n) is 8.47. The Kier molecular flexibility index (Phi) is 5.30. The molecule has 2 atom stereocenters. The molecule has 2 amide bonds. The van der Waals surface area contributed by atoms with Crippen LogP contribution in [0.3, 0.4) is 0 Å². The molecule has 1 heterocycles. The molecule has 6 heteroatoms. The summed E-state index contributed by atoms with van der Waals surface area (Å²) >= 11 is 0. The summed E-state index contributed by atoms with van der Waals surface area (Å²) in [5, 5.41) is 2.85. The molecule has 0 spiro atoms. The van der Waals surface area contributed by atoms with E-state index in [0.717, 1.165) is 11.3 Å². The van der Waals surface area contributed by atoms with Crippen molar-refractivity contribution >= 4 is 12.0 Å². The van der Waals surface area contributed by atoms with Crippen LogP contribution in [-0.2, 0) is 9.53 Å². The average Bonchev–Trinajstić information content (AvgIpc) is 2.79. The predicted molar refractivity (Wildman–Crippen MR) is 95.5 cm³/mol. The predicted octanol–water partition coefficient (Wildman–Crippen LogP) is 3.27. The van der Waals surface area contributed by atoms with Crippen molar-refractivity contribution in [1.82, 2.24) is 10.2 Å². The Bertz CT molecular complexity index is 636. The third-order valence-electron chi connectivity index (χ3n) is 4.25. The lowest BCUT2D eigenvalue weighted by Crippen LogP contribution is -2.49. The van der Waals surface area contributed by atoms with Gasteiger partial charge in [0.25, 0.3) is 0 Å². The Morgan fingerprint density at radius 1 is 1.28 bits per heavy atom. The van der Waals surface area contributed by atoms with Crippen LogP contribution in [-0.4, -0.2) is 41.7 Å². The molecule has 1 N–H and O–H groups in total. The quantitative estimate of drug-likeness (QED) is 0.907. The molecule has 0 bridgehead atoms. The molecule has 0 aliphatic carbocycles. The van der Waals surface area contributed by atoms with Gasteiger partial charge in [0.2, 0.25) is 5.91 Å². The van der Waals surface area contributed by atoms with Gasteiger partial charge in [-0.25, -0.2) is 4.79 Å². The standard InChI is InChI=1S/C19H28N2O4/c1-13(14-7-9-15(24-6)10-8-14)21-12-19(5,11-16(21)22)20-17(23)25-18(2,3)4/h7-10,13H,11-12H2,1-6H3,(H,20,23)/t13-,19?/m0/s1. The fraction of sp³-hybridized carbons (Fsp3) is 0.579. The highest BCUT2D eigenvalue weighted by molar-refractivity contribution is 5.82. The van der Waals surface area contributed by atoms with E-state index in [0.29, 0.717) is 6.54 Å². The van der Waals surface area contributed by atoms with Crippen molar-refractivity contribution in [1.29, 1.82) is 0 Å². The third kappa shape index (κ3) is 4.87. The van der Waals surface area contributed by atoms with Crippen LogP contribution in [0.25, 0.3) is 0 Å². The molecule has 6 nitrogen and oxygen atoms in total. The number of hydrogen-bond donors (Lipinski definition) is 1. The van der Waals surface area contributed by atoms with Crippen LogP contribution in [0, 0.1) is 0 Å². The fourth-order valence-corrected chi connectivity index (χ4v) is 3.00. The lowest BCUT2D eigenvalue weighted by molar-refractivity contribution is -0.129. The largest absolute Gasteiger partial charge is 0.497 e. The summed E-state index contributed by atoms with van der Waals surface area (Å²) < 4.78 is 10.5. The van der Waals surface area contributed by atoms with Crippen molar-refractivity contribution < 1.29 is 19.1 Å². The zero-order valence-corrected chi connectivity index (χ0v) is 15.9. The Morgan fingerprint density at radius 2 is 1.88 bits per heavy atom. The molecule has 1 aliphatic heterocycles. The number of likely N-dealkylation sites (tertiary alicyclic amines) is 1. The minimum absolute atomic E-state index is 0.0156. The summed E-state index contributed by atoms with van der Waals surface area (Å²) in [6.45, 7) is 9.74. The number of benzene rings is 1. The van der Waals surface area contributed by atoms with E-state index in [9.17, 15) is 9.59 Å². The van der Waals surface area contributed by atoms with Gasteiger partial charge in [0.05, 0.1) is 25.1 Å². The summed E-state index contributed by atoms with van der Waals surface area (Å²) in [6.07, 6.45) is -0.242. The van der Waals surface area contributed by atoms with Gasteiger partial charge >= 0.3 is 6.09 Å². The number of alkyl carbamates (subject to hydrolysis) is 1. The number of nitrogens with zero attached hydrogens (tertiary/aromatic N) is 1. The van der Waals surface area contributed by atoms with Gasteiger partial charge in [-0.1, -0.05) is 12.1 Å². The van der Waals surface area contributed by atoms with Gasteiger partial charge in [-0.2, -0.15) is 0 Å². The minimum atomic E-state index is -0.639. The van der Waals surface area contributed by atoms with Crippen molar-refractivity contribution in [3.8, 4) is 5.75 Å². The van der Waals surface area contributed by atoms with E-state index >= 15 is 0 Å². The third-order valence-corrected chi connectivity index (χ3v) is 4.25. The highest BCUT2D eigenvalue weighted by atomic mass is 16.6. The van der Waals surface area contributed by atoms with Gasteiger partial charge < -0.3 is 19.7 Å². The van der Waals surface area contributed by atoms with Crippen molar-refractivity contribution in [2.45, 2.75) is 58.2 Å². The summed E-state index contributed by atoms with van der Waals surface area (Å²) in [4.78, 5) is 26.4. The molecule has 1 aliphatic rings. The second kappa shape index (κ2) is 6.94. The van der Waals surface area contributed by atoms with Gasteiger partial charge in [-0.05, 0) is 52.3 Å². The van der Waals surface area contributed by atoms with E-state index in [-0.39, 0.29) is 18.4 Å². The molecule has 0 aromatic heterocycles. The van der Waals surface area contributed by atoms with Crippen LogP contribution in [0.4, 0.5) is 4.79 Å². The maximum atomic E-state index is 12.5. The molecule has 0 saturated carbocycles. The number of hydrogen-bond acceptors (Lipinski definition) is 4. The lowest BCUT2D eigenvalue weighted by atomic mass is 10.0. The number of carbonyl (C=O) groups excluding carboxylic acids is 2. The van der Waals surface area contributed by atoms with Crippen LogP contribution in [0.1, 0.15) is 52.6 Å². The van der Waals surface area contributed by atoms with Crippen molar-refractivity contribution in [3.63, 3.8) is 0 Å². The van der Waals surface area contributed by atoms with Crippen LogP contribution in [0.15, 0.2) is 24.3 Å². The number of nitrogens with one attached hydrogen (secondary N) is 1. The Balaban J connectivity index is 2.06. The van der Waals surface area contributed by atoms with Crippen molar-refractivity contribution in [2.75, 3.05) is 13.7 Å². The molecule has 1 aromatic carbocycles. The van der Waals surface area contributed by atoms with E-state index in [1.807, 2.05) is 58.9 Å². The first kappa shape index (κ1) is 19.1. The molecule has 0 radical (unpaired) electrons. The van der Waals surface area contributed by atoms with E-state index in [2.05, 4.69) is 5.32 Å². The maximum absolute atomic E-state index is 12.5. The van der Waals surface area contributed by atoms with Gasteiger partial charge in [-0.3, -0.25) is 4.79 Å². The number of ether oxygens (including phenoxy) is 2. The molecular formula is C19H28N2O4. The Labute approximate surface area is 149 Å². The molecule has 25 heavy (non-hydrogen) atoms. The second-order valence-corrected chi connectivity index (χ2v) is 7.84. The summed E-state index contributed by atoms with van der Waals surface area (Å²) in [7, 11) is 1.62. The first-order chi connectivity index (χ1) is 11.5. The second-order valence-electron chi connectivity index (χ2n) is 7.84. The number of methoxy groups -OCH3 is 1. The summed E-state index contributed by atoms with van der Waals surface area (Å²) in [6, 6.07) is 7.58. The molecule has 1 unspecified atom stereocenters. The van der Waals surface area contributed by atoms with Gasteiger partial charge in [-0.15, -0.1) is 0 Å². The zero-order chi connectivity index (χ0) is 18.8. The molecule has 1 fully saturated rings. The van der Waals surface area contributed by atoms with Crippen molar-refractivity contribution in [2.24, 2.45) is 0 Å². The fourth-order valence-electron chi connectivity index (χ4n) is 3.00. The highest BCUT2D eigenvalue weighted by Crippen LogP contribution is 2.31. The smallest absolute Gasteiger partial charge is 0.408 e. The molecular weight excluding hydrogens is 320 g/mol. The van der Waals surface area contributed by atoms with E-state index in [1.54, 1.807) is 12.0 Å². The van der Waals surface area contributed by atoms with E-state index in [4.69, 9.17) is 9.47 Å². The van der Waals surface area contributed by atoms with Gasteiger partial charge in [0.1, 0.15) is 11.4 Å². The van der Waals surface area contributed by atoms with Crippen LogP contribution < -0.4 is 10.1 Å². The highest BCUT2D eigenvalue weighted by Gasteiger charge is 2.43. The number of amides is 2. The topological polar surface area (TPSA) is 67.9 Å². The minimum Gasteiger partial charge on any atom is -0.497 e. The van der Waals surface area contributed by atoms with Crippen molar-refractivity contribution in [3.05, 3.63) is 29.8 Å². The van der Waals surface area contributed by atoms with Crippen LogP contribution in [0.2, 0.25) is 0 Å². The molecule has 1 saturated heterocycles. The summed E-state index contributed by atoms with van der Waals surface area (Å²) in [5.74, 6) is 0.794. The van der Waals surface area contributed by atoms with E-state index < -0.39 is 17.2 Å². The normalized spacial score (nSPS) is 21.8. The van der Waals surface area contributed by atoms with Crippen LogP contribution >= 0.6 is 0 Å². The number of carbonyl (C=O) groups is 2. The number of rotatable bonds is 4. The molecule has 1 aromatic rings. The van der Waals surface area contributed by atoms with E-state index in [1.165, 1.54) is 0 Å². The SMILES string of the molecule is COc1ccc([C@H](C)N2CC(C)(NC(=O)OC(C)(C)C)CC2=O)cc1.